The van der Waals surface area contributed by atoms with E-state index in [9.17, 15) is 0 Å². The van der Waals surface area contributed by atoms with Crippen molar-refractivity contribution >= 4 is 21.8 Å². The molecule has 3 aromatic rings. The highest BCUT2D eigenvalue weighted by Crippen LogP contribution is 2.29. The molecule has 2 aromatic carbocycles. The topological polar surface area (TPSA) is 14.2 Å². The predicted molar refractivity (Wildman–Crippen MR) is 104 cm³/mol. The molecule has 1 heterocycles. The third kappa shape index (κ3) is 3.58. The lowest BCUT2D eigenvalue weighted by Gasteiger charge is -2.10. The molecule has 0 unspecified atom stereocenters. The monoisotopic (exact) mass is 323 g/mol. The van der Waals surface area contributed by atoms with Crippen molar-refractivity contribution in [2.75, 3.05) is 6.61 Å². The van der Waals surface area contributed by atoms with Gasteiger partial charge in [-0.05, 0) is 51.0 Å². The first-order valence-electron chi connectivity index (χ1n) is 9.35. The van der Waals surface area contributed by atoms with E-state index in [0.717, 1.165) is 13.0 Å². The lowest BCUT2D eigenvalue weighted by Crippen LogP contribution is -2.12. The van der Waals surface area contributed by atoms with Crippen molar-refractivity contribution in [2.45, 2.75) is 59.3 Å². The van der Waals surface area contributed by atoms with Crippen LogP contribution in [0.2, 0.25) is 0 Å². The number of rotatable bonds is 8. The van der Waals surface area contributed by atoms with E-state index >= 15 is 0 Å². The van der Waals surface area contributed by atoms with Crippen molar-refractivity contribution < 1.29 is 4.84 Å². The van der Waals surface area contributed by atoms with E-state index in [-0.39, 0.29) is 0 Å². The molecule has 128 valence electrons. The van der Waals surface area contributed by atoms with Gasteiger partial charge in [-0.2, -0.15) is 4.73 Å². The van der Waals surface area contributed by atoms with Crippen molar-refractivity contribution in [1.82, 2.24) is 4.73 Å². The summed E-state index contributed by atoms with van der Waals surface area (Å²) in [6.45, 7) is 7.34. The maximum absolute atomic E-state index is 6.18. The fourth-order valence-corrected chi connectivity index (χ4v) is 3.39. The second-order valence-corrected chi connectivity index (χ2v) is 6.94. The second-order valence-electron chi connectivity index (χ2n) is 6.94. The smallest absolute Gasteiger partial charge is 0.115 e. The van der Waals surface area contributed by atoms with Gasteiger partial charge < -0.3 is 4.84 Å². The standard InChI is InChI=1S/C22H29NO/c1-4-5-6-7-8-9-14-24-23-21-12-10-17(2)15-19(21)20-16-18(3)11-13-22(20)23/h10-13,15-16H,4-9,14H2,1-3H3. The largest absolute Gasteiger partial charge is 0.413 e. The van der Waals surface area contributed by atoms with Gasteiger partial charge in [0, 0.05) is 10.8 Å². The molecule has 2 nitrogen and oxygen atoms in total. The first-order valence-corrected chi connectivity index (χ1v) is 9.35. The summed E-state index contributed by atoms with van der Waals surface area (Å²) in [6, 6.07) is 13.2. The molecule has 0 radical (unpaired) electrons. The van der Waals surface area contributed by atoms with E-state index in [1.54, 1.807) is 0 Å². The fourth-order valence-electron chi connectivity index (χ4n) is 3.39. The number of aromatic nitrogens is 1. The van der Waals surface area contributed by atoms with Crippen molar-refractivity contribution in [3.63, 3.8) is 0 Å². The molecular formula is C22H29NO. The van der Waals surface area contributed by atoms with Gasteiger partial charge in [0.15, 0.2) is 0 Å². The Kier molecular flexibility index (Phi) is 5.44. The molecular weight excluding hydrogens is 294 g/mol. The lowest BCUT2D eigenvalue weighted by molar-refractivity contribution is 0.125. The Morgan fingerprint density at radius 2 is 1.29 bits per heavy atom. The summed E-state index contributed by atoms with van der Waals surface area (Å²) < 4.78 is 2.04. The molecule has 0 N–H and O–H groups in total. The molecule has 0 saturated carbocycles. The summed E-state index contributed by atoms with van der Waals surface area (Å²) >= 11 is 0. The van der Waals surface area contributed by atoms with Gasteiger partial charge >= 0.3 is 0 Å². The number of unbranched alkanes of at least 4 members (excludes halogenated alkanes) is 5. The highest BCUT2D eigenvalue weighted by molar-refractivity contribution is 6.08. The van der Waals surface area contributed by atoms with Gasteiger partial charge in [0.05, 0.1) is 11.0 Å². The zero-order chi connectivity index (χ0) is 16.9. The molecule has 0 aliphatic heterocycles. The number of hydrogen-bond donors (Lipinski definition) is 0. The highest BCUT2D eigenvalue weighted by atomic mass is 16.7. The van der Waals surface area contributed by atoms with E-state index in [4.69, 9.17) is 4.84 Å². The molecule has 0 amide bonds. The van der Waals surface area contributed by atoms with E-state index in [1.807, 2.05) is 4.73 Å². The molecule has 0 bridgehead atoms. The molecule has 3 rings (SSSR count). The molecule has 0 saturated heterocycles. The maximum Gasteiger partial charge on any atom is 0.115 e. The molecule has 2 heteroatoms. The van der Waals surface area contributed by atoms with Crippen LogP contribution >= 0.6 is 0 Å². The van der Waals surface area contributed by atoms with Crippen LogP contribution in [0.5, 0.6) is 0 Å². The van der Waals surface area contributed by atoms with Crippen LogP contribution in [0.25, 0.3) is 21.8 Å². The van der Waals surface area contributed by atoms with Gasteiger partial charge in [-0.15, -0.1) is 0 Å². The van der Waals surface area contributed by atoms with Crippen LogP contribution in [0.1, 0.15) is 56.6 Å². The minimum atomic E-state index is 0.784. The Morgan fingerprint density at radius 1 is 0.750 bits per heavy atom. The van der Waals surface area contributed by atoms with Crippen molar-refractivity contribution in [2.24, 2.45) is 0 Å². The zero-order valence-electron chi connectivity index (χ0n) is 15.3. The highest BCUT2D eigenvalue weighted by Gasteiger charge is 2.11. The van der Waals surface area contributed by atoms with Gasteiger partial charge in [-0.25, -0.2) is 0 Å². The maximum atomic E-state index is 6.18. The third-order valence-electron chi connectivity index (χ3n) is 4.75. The lowest BCUT2D eigenvalue weighted by atomic mass is 10.1. The van der Waals surface area contributed by atoms with Crippen molar-refractivity contribution in [1.29, 1.82) is 0 Å². The normalized spacial score (nSPS) is 11.5. The first kappa shape index (κ1) is 16.9. The van der Waals surface area contributed by atoms with Crippen LogP contribution in [0.3, 0.4) is 0 Å². The third-order valence-corrected chi connectivity index (χ3v) is 4.75. The molecule has 0 atom stereocenters. The number of aryl methyl sites for hydroxylation is 2. The van der Waals surface area contributed by atoms with Gasteiger partial charge in [-0.3, -0.25) is 0 Å². The van der Waals surface area contributed by atoms with Crippen LogP contribution in [0.4, 0.5) is 0 Å². The fraction of sp³-hybridized carbons (Fsp3) is 0.455. The Hall–Kier alpha value is -1.96. The van der Waals surface area contributed by atoms with Crippen molar-refractivity contribution in [3.8, 4) is 0 Å². The van der Waals surface area contributed by atoms with E-state index in [0.29, 0.717) is 0 Å². The van der Waals surface area contributed by atoms with Gasteiger partial charge in [0.2, 0.25) is 0 Å². The summed E-state index contributed by atoms with van der Waals surface area (Å²) in [7, 11) is 0. The summed E-state index contributed by atoms with van der Waals surface area (Å²) in [5.74, 6) is 0. The number of hydrogen-bond acceptors (Lipinski definition) is 1. The minimum absolute atomic E-state index is 0.784. The Bertz CT molecular complexity index is 756. The Labute approximate surface area is 145 Å². The molecule has 0 spiro atoms. The van der Waals surface area contributed by atoms with Crippen LogP contribution in [0.15, 0.2) is 36.4 Å². The zero-order valence-corrected chi connectivity index (χ0v) is 15.3. The van der Waals surface area contributed by atoms with Crippen LogP contribution < -0.4 is 4.84 Å². The summed E-state index contributed by atoms with van der Waals surface area (Å²) in [5.41, 5.74) is 4.93. The average molecular weight is 323 g/mol. The predicted octanol–water partition coefficient (Wildman–Crippen LogP) is 6.20. The van der Waals surface area contributed by atoms with Gasteiger partial charge in [0.25, 0.3) is 0 Å². The first-order chi connectivity index (χ1) is 11.7. The van der Waals surface area contributed by atoms with Crippen molar-refractivity contribution in [3.05, 3.63) is 47.5 Å². The molecule has 0 aliphatic carbocycles. The SMILES string of the molecule is CCCCCCCCOn1c2ccc(C)cc2c2cc(C)ccc21. The van der Waals surface area contributed by atoms with Gasteiger partial charge in [-0.1, -0.05) is 55.9 Å². The van der Waals surface area contributed by atoms with E-state index < -0.39 is 0 Å². The minimum Gasteiger partial charge on any atom is -0.413 e. The Balaban J connectivity index is 1.79. The summed E-state index contributed by atoms with van der Waals surface area (Å²) in [5, 5.41) is 2.58. The second kappa shape index (κ2) is 7.74. The van der Waals surface area contributed by atoms with Crippen LogP contribution in [0, 0.1) is 13.8 Å². The Morgan fingerprint density at radius 3 is 1.88 bits per heavy atom. The molecule has 24 heavy (non-hydrogen) atoms. The molecule has 0 fully saturated rings. The number of fused-ring (bicyclic) bond motifs is 3. The average Bonchev–Trinajstić information content (AvgIpc) is 2.87. The summed E-state index contributed by atoms with van der Waals surface area (Å²) in [6.07, 6.45) is 7.72. The molecule has 1 aromatic heterocycles. The van der Waals surface area contributed by atoms with Crippen LogP contribution in [-0.4, -0.2) is 11.3 Å². The number of benzene rings is 2. The summed E-state index contributed by atoms with van der Waals surface area (Å²) in [4.78, 5) is 6.18. The van der Waals surface area contributed by atoms with Crippen LogP contribution in [-0.2, 0) is 0 Å². The number of nitrogens with zero attached hydrogens (tertiary/aromatic N) is 1. The molecule has 0 aliphatic rings. The van der Waals surface area contributed by atoms with E-state index in [1.165, 1.54) is 65.0 Å². The van der Waals surface area contributed by atoms with Gasteiger partial charge in [0.1, 0.15) is 6.61 Å². The quantitative estimate of drug-likeness (QED) is 0.450. The van der Waals surface area contributed by atoms with E-state index in [2.05, 4.69) is 57.2 Å².